The molecular formula is C21H19ClN2O3S. The smallest absolute Gasteiger partial charge is 0.288 e. The van der Waals surface area contributed by atoms with E-state index in [0.29, 0.717) is 19.5 Å². The first-order valence-electron chi connectivity index (χ1n) is 8.76. The van der Waals surface area contributed by atoms with Crippen LogP contribution in [-0.2, 0) is 13.0 Å². The van der Waals surface area contributed by atoms with Gasteiger partial charge in [-0.15, -0.1) is 11.3 Å². The van der Waals surface area contributed by atoms with Crippen molar-refractivity contribution in [2.45, 2.75) is 19.9 Å². The number of hydrogen-bond acceptors (Lipinski definition) is 4. The highest BCUT2D eigenvalue weighted by Crippen LogP contribution is 2.26. The molecule has 144 valence electrons. The number of benzene rings is 2. The second-order valence-corrected chi connectivity index (χ2v) is 8.18. The minimum absolute atomic E-state index is 0.0197. The number of nitro groups is 1. The quantitative estimate of drug-likeness (QED) is 0.378. The van der Waals surface area contributed by atoms with Crippen molar-refractivity contribution in [2.24, 2.45) is 0 Å². The van der Waals surface area contributed by atoms with E-state index < -0.39 is 4.92 Å². The van der Waals surface area contributed by atoms with Crippen molar-refractivity contribution in [3.05, 3.63) is 96.7 Å². The van der Waals surface area contributed by atoms with Gasteiger partial charge in [-0.1, -0.05) is 41.9 Å². The van der Waals surface area contributed by atoms with Crippen LogP contribution in [0.3, 0.4) is 0 Å². The first-order valence-corrected chi connectivity index (χ1v) is 9.96. The molecule has 0 saturated carbocycles. The maximum absolute atomic E-state index is 13.1. The highest BCUT2D eigenvalue weighted by atomic mass is 35.5. The third kappa shape index (κ3) is 4.97. The van der Waals surface area contributed by atoms with E-state index in [1.165, 1.54) is 23.1 Å². The number of hydrogen-bond donors (Lipinski definition) is 0. The minimum atomic E-state index is -0.573. The predicted octanol–water partition coefficient (Wildman–Crippen LogP) is 5.50. The Hall–Kier alpha value is -2.70. The number of aryl methyl sites for hydroxylation is 1. The van der Waals surface area contributed by atoms with Crippen LogP contribution in [0.15, 0.2) is 60.7 Å². The van der Waals surface area contributed by atoms with Gasteiger partial charge in [-0.3, -0.25) is 14.9 Å². The number of carbonyl (C=O) groups excluding carboxylic acids is 1. The molecular weight excluding hydrogens is 396 g/mol. The van der Waals surface area contributed by atoms with E-state index in [4.69, 9.17) is 11.6 Å². The number of nitrogens with zero attached hydrogens (tertiary/aromatic N) is 2. The zero-order valence-corrected chi connectivity index (χ0v) is 16.9. The molecule has 1 heterocycles. The molecule has 2 aromatic carbocycles. The van der Waals surface area contributed by atoms with Crippen molar-refractivity contribution >= 4 is 34.5 Å². The topological polar surface area (TPSA) is 63.5 Å². The third-order valence-electron chi connectivity index (χ3n) is 4.33. The Morgan fingerprint density at radius 2 is 1.89 bits per heavy atom. The second-order valence-electron chi connectivity index (χ2n) is 6.40. The Morgan fingerprint density at radius 1 is 1.14 bits per heavy atom. The van der Waals surface area contributed by atoms with Crippen molar-refractivity contribution in [3.8, 4) is 0 Å². The van der Waals surface area contributed by atoms with E-state index in [1.807, 2.05) is 49.4 Å². The summed E-state index contributed by atoms with van der Waals surface area (Å²) in [6, 6.07) is 18.1. The molecule has 0 radical (unpaired) electrons. The average Bonchev–Trinajstić information content (AvgIpc) is 3.10. The minimum Gasteiger partial charge on any atom is -0.333 e. The van der Waals surface area contributed by atoms with E-state index >= 15 is 0 Å². The van der Waals surface area contributed by atoms with Gasteiger partial charge < -0.3 is 4.90 Å². The van der Waals surface area contributed by atoms with E-state index in [-0.39, 0.29) is 22.2 Å². The van der Waals surface area contributed by atoms with Crippen LogP contribution in [0, 0.1) is 17.0 Å². The molecule has 28 heavy (non-hydrogen) atoms. The lowest BCUT2D eigenvalue weighted by molar-refractivity contribution is -0.384. The molecule has 0 unspecified atom stereocenters. The van der Waals surface area contributed by atoms with Gasteiger partial charge in [-0.2, -0.15) is 0 Å². The molecule has 3 rings (SSSR count). The Labute approximate surface area is 172 Å². The van der Waals surface area contributed by atoms with Crippen molar-refractivity contribution in [1.82, 2.24) is 4.90 Å². The highest BCUT2D eigenvalue weighted by molar-refractivity contribution is 7.11. The van der Waals surface area contributed by atoms with Crippen LogP contribution in [0.2, 0.25) is 5.02 Å². The van der Waals surface area contributed by atoms with Gasteiger partial charge >= 0.3 is 0 Å². The van der Waals surface area contributed by atoms with Crippen LogP contribution in [0.25, 0.3) is 0 Å². The lowest BCUT2D eigenvalue weighted by atomic mass is 10.1. The van der Waals surface area contributed by atoms with Crippen LogP contribution >= 0.6 is 22.9 Å². The van der Waals surface area contributed by atoms with Crippen LogP contribution in [0.1, 0.15) is 25.7 Å². The number of carbonyl (C=O) groups is 1. The Morgan fingerprint density at radius 3 is 2.54 bits per heavy atom. The summed E-state index contributed by atoms with van der Waals surface area (Å²) in [6.07, 6.45) is 0.701. The number of amides is 1. The van der Waals surface area contributed by atoms with Crippen LogP contribution in [0.5, 0.6) is 0 Å². The third-order valence-corrected chi connectivity index (χ3v) is 5.64. The van der Waals surface area contributed by atoms with E-state index in [2.05, 4.69) is 0 Å². The normalized spacial score (nSPS) is 10.6. The van der Waals surface area contributed by atoms with Gasteiger partial charge in [0, 0.05) is 27.9 Å². The summed E-state index contributed by atoms with van der Waals surface area (Å²) in [5.41, 5.74) is 1.13. The van der Waals surface area contributed by atoms with E-state index in [9.17, 15) is 14.9 Å². The molecule has 5 nitrogen and oxygen atoms in total. The van der Waals surface area contributed by atoms with Crippen molar-refractivity contribution in [2.75, 3.05) is 6.54 Å². The molecule has 3 aromatic rings. The van der Waals surface area contributed by atoms with Crippen molar-refractivity contribution in [3.63, 3.8) is 0 Å². The molecule has 0 saturated heterocycles. The van der Waals surface area contributed by atoms with Gasteiger partial charge in [0.05, 0.1) is 11.5 Å². The zero-order valence-electron chi connectivity index (χ0n) is 15.3. The summed E-state index contributed by atoms with van der Waals surface area (Å²) in [5.74, 6) is -0.248. The fourth-order valence-electron chi connectivity index (χ4n) is 2.89. The molecule has 1 amide bonds. The molecule has 0 fully saturated rings. The Balaban J connectivity index is 1.85. The summed E-state index contributed by atoms with van der Waals surface area (Å²) >= 11 is 7.52. The molecule has 1 aromatic heterocycles. The summed E-state index contributed by atoms with van der Waals surface area (Å²) in [7, 11) is 0. The van der Waals surface area contributed by atoms with Gasteiger partial charge in [0.2, 0.25) is 0 Å². The standard InChI is InChI=1S/C21H19ClN2O3S/c1-15-7-9-18(28-15)14-23(12-11-16-5-3-2-4-6-16)21(25)17-8-10-19(22)20(13-17)24(26)27/h2-10,13H,11-12,14H2,1H3. The molecule has 0 aliphatic carbocycles. The Kier molecular flexibility index (Phi) is 6.44. The largest absolute Gasteiger partial charge is 0.333 e. The average molecular weight is 415 g/mol. The van der Waals surface area contributed by atoms with E-state index in [1.54, 1.807) is 16.2 Å². The zero-order chi connectivity index (χ0) is 20.1. The summed E-state index contributed by atoms with van der Waals surface area (Å²) in [4.78, 5) is 27.7. The van der Waals surface area contributed by atoms with Gasteiger partial charge in [0.25, 0.3) is 11.6 Å². The predicted molar refractivity (Wildman–Crippen MR) is 112 cm³/mol. The lowest BCUT2D eigenvalue weighted by Gasteiger charge is -2.22. The van der Waals surface area contributed by atoms with Gasteiger partial charge in [-0.05, 0) is 43.2 Å². The number of halogens is 1. The number of rotatable bonds is 7. The first kappa shape index (κ1) is 20.0. The van der Waals surface area contributed by atoms with Crippen molar-refractivity contribution < 1.29 is 9.72 Å². The number of nitro benzene ring substituents is 1. The maximum Gasteiger partial charge on any atom is 0.288 e. The van der Waals surface area contributed by atoms with Gasteiger partial charge in [0.15, 0.2) is 0 Å². The fourth-order valence-corrected chi connectivity index (χ4v) is 3.98. The van der Waals surface area contributed by atoms with Crippen LogP contribution in [0.4, 0.5) is 5.69 Å². The van der Waals surface area contributed by atoms with Crippen LogP contribution < -0.4 is 0 Å². The van der Waals surface area contributed by atoms with Gasteiger partial charge in [-0.25, -0.2) is 0 Å². The van der Waals surface area contributed by atoms with E-state index in [0.717, 1.165) is 10.4 Å². The number of thiophene rings is 1. The Bertz CT molecular complexity index is 988. The summed E-state index contributed by atoms with van der Waals surface area (Å²) < 4.78 is 0. The monoisotopic (exact) mass is 414 g/mol. The maximum atomic E-state index is 13.1. The molecule has 0 spiro atoms. The van der Waals surface area contributed by atoms with Crippen molar-refractivity contribution in [1.29, 1.82) is 0 Å². The molecule has 0 aliphatic heterocycles. The SMILES string of the molecule is Cc1ccc(CN(CCc2ccccc2)C(=O)c2ccc(Cl)c([N+](=O)[O-])c2)s1. The molecule has 0 atom stereocenters. The van der Waals surface area contributed by atoms with Gasteiger partial charge in [0.1, 0.15) is 5.02 Å². The first-order chi connectivity index (χ1) is 13.4. The molecule has 0 aliphatic rings. The molecule has 0 bridgehead atoms. The molecule has 0 N–H and O–H groups in total. The highest BCUT2D eigenvalue weighted by Gasteiger charge is 2.21. The lowest BCUT2D eigenvalue weighted by Crippen LogP contribution is -2.32. The fraction of sp³-hybridized carbons (Fsp3) is 0.190. The second kappa shape index (κ2) is 8.99. The summed E-state index contributed by atoms with van der Waals surface area (Å²) in [5, 5.41) is 11.2. The van der Waals surface area contributed by atoms with Crippen LogP contribution in [-0.4, -0.2) is 22.3 Å². The summed E-state index contributed by atoms with van der Waals surface area (Å²) in [6.45, 7) is 2.99. The molecule has 7 heteroatoms.